The number of hydrogen-bond acceptors (Lipinski definition) is 5. The summed E-state index contributed by atoms with van der Waals surface area (Å²) in [5.74, 6) is -0.146. The van der Waals surface area contributed by atoms with E-state index >= 15 is 0 Å². The molecule has 2 heterocycles. The van der Waals surface area contributed by atoms with Gasteiger partial charge in [0.15, 0.2) is 5.13 Å². The van der Waals surface area contributed by atoms with Crippen molar-refractivity contribution in [3.05, 3.63) is 58.1 Å². The molecule has 0 radical (unpaired) electrons. The van der Waals surface area contributed by atoms with Crippen molar-refractivity contribution in [1.82, 2.24) is 9.88 Å². The van der Waals surface area contributed by atoms with E-state index in [0.29, 0.717) is 27.3 Å². The smallest absolute Gasteiger partial charge is 0.261 e. The Morgan fingerprint density at radius 1 is 1.10 bits per heavy atom. The Morgan fingerprint density at radius 3 is 2.57 bits per heavy atom. The number of para-hydroxylation sites is 1. The Morgan fingerprint density at radius 2 is 1.83 bits per heavy atom. The first-order chi connectivity index (χ1) is 14.1. The molecule has 0 aliphatic carbocycles. The fourth-order valence-electron chi connectivity index (χ4n) is 3.36. The van der Waals surface area contributed by atoms with Crippen LogP contribution in [0.25, 0.3) is 10.2 Å². The van der Waals surface area contributed by atoms with E-state index in [2.05, 4.69) is 9.88 Å². The molecule has 1 aromatic heterocycles. The van der Waals surface area contributed by atoms with Crippen LogP contribution >= 0.6 is 46.9 Å². The van der Waals surface area contributed by atoms with Gasteiger partial charge in [-0.1, -0.05) is 52.7 Å². The molecule has 0 unspecified atom stereocenters. The number of nitrogens with zero attached hydrogens (tertiary/aromatic N) is 3. The second-order valence-electron chi connectivity index (χ2n) is 6.83. The van der Waals surface area contributed by atoms with Crippen molar-refractivity contribution < 1.29 is 9.53 Å². The van der Waals surface area contributed by atoms with Crippen molar-refractivity contribution in [2.75, 3.05) is 44.3 Å². The number of ether oxygens (including phenoxy) is 1. The summed E-state index contributed by atoms with van der Waals surface area (Å²) in [6, 6.07) is 12.8. The predicted molar refractivity (Wildman–Crippen MR) is 127 cm³/mol. The molecule has 0 atom stereocenters. The highest BCUT2D eigenvalue weighted by atomic mass is 35.5. The number of benzene rings is 2. The maximum Gasteiger partial charge on any atom is 0.261 e. The van der Waals surface area contributed by atoms with Gasteiger partial charge in [0, 0.05) is 26.2 Å². The molecule has 3 aromatic rings. The Labute approximate surface area is 195 Å². The van der Waals surface area contributed by atoms with Crippen molar-refractivity contribution >= 4 is 68.2 Å². The maximum atomic E-state index is 13.4. The average Bonchev–Trinajstić information content (AvgIpc) is 3.17. The Balaban J connectivity index is 0.00000256. The van der Waals surface area contributed by atoms with Gasteiger partial charge < -0.3 is 4.74 Å². The lowest BCUT2D eigenvalue weighted by molar-refractivity contribution is 0.0376. The van der Waals surface area contributed by atoms with Gasteiger partial charge >= 0.3 is 0 Å². The number of halogens is 3. The second-order valence-corrected chi connectivity index (χ2v) is 8.65. The minimum atomic E-state index is -0.146. The highest BCUT2D eigenvalue weighted by molar-refractivity contribution is 7.22. The van der Waals surface area contributed by atoms with Crippen molar-refractivity contribution in [1.29, 1.82) is 0 Å². The molecule has 1 aliphatic rings. The van der Waals surface area contributed by atoms with Crippen molar-refractivity contribution in [3.63, 3.8) is 0 Å². The monoisotopic (exact) mass is 485 g/mol. The number of rotatable bonds is 6. The number of carbonyl (C=O) groups is 1. The molecule has 0 saturated carbocycles. The van der Waals surface area contributed by atoms with E-state index in [-0.39, 0.29) is 18.3 Å². The molecular formula is C21H22Cl3N3O2S. The van der Waals surface area contributed by atoms with Crippen LogP contribution in [0.4, 0.5) is 5.13 Å². The molecule has 1 amide bonds. The lowest BCUT2D eigenvalue weighted by Gasteiger charge is -2.27. The maximum absolute atomic E-state index is 13.4. The van der Waals surface area contributed by atoms with Gasteiger partial charge in [0.05, 0.1) is 33.5 Å². The number of hydrogen-bond donors (Lipinski definition) is 0. The van der Waals surface area contributed by atoms with E-state index in [1.165, 1.54) is 11.3 Å². The van der Waals surface area contributed by atoms with Gasteiger partial charge in [-0.05, 0) is 30.7 Å². The third kappa shape index (κ3) is 5.25. The molecule has 0 N–H and O–H groups in total. The number of thiazole rings is 1. The molecule has 9 heteroatoms. The van der Waals surface area contributed by atoms with E-state index in [9.17, 15) is 4.79 Å². The molecule has 5 nitrogen and oxygen atoms in total. The van der Waals surface area contributed by atoms with Crippen LogP contribution in [-0.4, -0.2) is 55.2 Å². The van der Waals surface area contributed by atoms with E-state index in [0.717, 1.165) is 49.5 Å². The van der Waals surface area contributed by atoms with Crippen LogP contribution in [0.1, 0.15) is 16.8 Å². The third-order valence-electron chi connectivity index (χ3n) is 4.90. The van der Waals surface area contributed by atoms with Gasteiger partial charge in [0.1, 0.15) is 5.52 Å². The summed E-state index contributed by atoms with van der Waals surface area (Å²) in [6.45, 7) is 4.84. The van der Waals surface area contributed by atoms with Gasteiger partial charge in [0.25, 0.3) is 5.91 Å². The fourth-order valence-corrected chi connectivity index (χ4v) is 4.87. The number of anilines is 1. The van der Waals surface area contributed by atoms with Gasteiger partial charge in [0.2, 0.25) is 0 Å². The lowest BCUT2D eigenvalue weighted by atomic mass is 10.2. The summed E-state index contributed by atoms with van der Waals surface area (Å²) in [4.78, 5) is 22.1. The van der Waals surface area contributed by atoms with Crippen molar-refractivity contribution in [2.45, 2.75) is 6.42 Å². The zero-order valence-electron chi connectivity index (χ0n) is 16.2. The second kappa shape index (κ2) is 10.8. The molecule has 30 heavy (non-hydrogen) atoms. The molecule has 0 bridgehead atoms. The summed E-state index contributed by atoms with van der Waals surface area (Å²) < 4.78 is 6.37. The van der Waals surface area contributed by atoms with Crippen LogP contribution in [0.2, 0.25) is 10.0 Å². The quantitative estimate of drug-likeness (QED) is 0.468. The third-order valence-corrected chi connectivity index (χ3v) is 6.58. The first-order valence-corrected chi connectivity index (χ1v) is 11.1. The number of amides is 1. The standard InChI is InChI=1S/C21H21Cl2N3O2S.ClH/c22-16-6-2-1-5-15(16)20(27)26(10-4-9-25-11-13-28-14-12-25)21-24-19-17(23)7-3-8-18(19)29-21;/h1-3,5-8H,4,9-14H2;1H. The summed E-state index contributed by atoms with van der Waals surface area (Å²) in [5.41, 5.74) is 1.20. The first kappa shape index (κ1) is 23.3. The van der Waals surface area contributed by atoms with E-state index < -0.39 is 0 Å². The molecule has 160 valence electrons. The van der Waals surface area contributed by atoms with Crippen LogP contribution < -0.4 is 4.90 Å². The first-order valence-electron chi connectivity index (χ1n) is 9.55. The Kier molecular flexibility index (Phi) is 8.34. The van der Waals surface area contributed by atoms with Gasteiger partial charge in [-0.25, -0.2) is 4.98 Å². The summed E-state index contributed by atoms with van der Waals surface area (Å²) in [6.07, 6.45) is 0.833. The molecule has 1 aliphatic heterocycles. The topological polar surface area (TPSA) is 45.7 Å². The molecule has 1 fully saturated rings. The highest BCUT2D eigenvalue weighted by Gasteiger charge is 2.23. The largest absolute Gasteiger partial charge is 0.379 e. The minimum Gasteiger partial charge on any atom is -0.379 e. The lowest BCUT2D eigenvalue weighted by Crippen LogP contribution is -2.39. The molecule has 1 saturated heterocycles. The molecule has 2 aromatic carbocycles. The normalized spacial score (nSPS) is 14.5. The molecular weight excluding hydrogens is 465 g/mol. The number of aromatic nitrogens is 1. The average molecular weight is 487 g/mol. The van der Waals surface area contributed by atoms with E-state index in [4.69, 9.17) is 27.9 Å². The van der Waals surface area contributed by atoms with Crippen LogP contribution in [0.3, 0.4) is 0 Å². The zero-order chi connectivity index (χ0) is 20.2. The predicted octanol–water partition coefficient (Wildman–Crippen LogP) is 5.39. The van der Waals surface area contributed by atoms with Gasteiger partial charge in [-0.3, -0.25) is 14.6 Å². The minimum absolute atomic E-state index is 0. The fraction of sp³-hybridized carbons (Fsp3) is 0.333. The summed E-state index contributed by atoms with van der Waals surface area (Å²) in [7, 11) is 0. The van der Waals surface area contributed by atoms with E-state index in [1.54, 1.807) is 17.0 Å². The van der Waals surface area contributed by atoms with E-state index in [1.807, 2.05) is 30.3 Å². The van der Waals surface area contributed by atoms with Crippen molar-refractivity contribution in [2.24, 2.45) is 0 Å². The molecule has 0 spiro atoms. The van der Waals surface area contributed by atoms with Crippen LogP contribution in [0, 0.1) is 0 Å². The van der Waals surface area contributed by atoms with Gasteiger partial charge in [-0.2, -0.15) is 0 Å². The van der Waals surface area contributed by atoms with Crippen molar-refractivity contribution in [3.8, 4) is 0 Å². The SMILES string of the molecule is Cl.O=C(c1ccccc1Cl)N(CCCN1CCOCC1)c1nc2c(Cl)cccc2s1. The Bertz CT molecular complexity index is 1010. The summed E-state index contributed by atoms with van der Waals surface area (Å²) in [5, 5.41) is 1.67. The number of morpholine rings is 1. The van der Waals surface area contributed by atoms with Crippen LogP contribution in [-0.2, 0) is 4.74 Å². The summed E-state index contributed by atoms with van der Waals surface area (Å²) >= 11 is 14.1. The molecule has 4 rings (SSSR count). The number of carbonyl (C=O) groups excluding carboxylic acids is 1. The Hall–Kier alpha value is -1.41. The zero-order valence-corrected chi connectivity index (χ0v) is 19.4. The van der Waals surface area contributed by atoms with Gasteiger partial charge in [-0.15, -0.1) is 12.4 Å². The van der Waals surface area contributed by atoms with Crippen LogP contribution in [0.15, 0.2) is 42.5 Å². The highest BCUT2D eigenvalue weighted by Crippen LogP contribution is 2.34. The number of fused-ring (bicyclic) bond motifs is 1. The van der Waals surface area contributed by atoms with Crippen LogP contribution in [0.5, 0.6) is 0 Å².